The molecule has 1 unspecified atom stereocenters. The summed E-state index contributed by atoms with van der Waals surface area (Å²) in [5.41, 5.74) is 0. The Kier molecular flexibility index (Phi) is 4.11. The van der Waals surface area contributed by atoms with Crippen LogP contribution in [0.3, 0.4) is 0 Å². The summed E-state index contributed by atoms with van der Waals surface area (Å²) in [5.74, 6) is 0.163. The molecule has 0 N–H and O–H groups in total. The van der Waals surface area contributed by atoms with Gasteiger partial charge in [-0.3, -0.25) is 0 Å². The molecule has 0 bridgehead atoms. The van der Waals surface area contributed by atoms with Crippen LogP contribution in [0.4, 0.5) is 0 Å². The molecule has 1 heterocycles. The van der Waals surface area contributed by atoms with E-state index in [1.54, 1.807) is 0 Å². The molecule has 1 atom stereocenters. The summed E-state index contributed by atoms with van der Waals surface area (Å²) >= 11 is 0. The van der Waals surface area contributed by atoms with Gasteiger partial charge in [-0.25, -0.2) is 0 Å². The Morgan fingerprint density at radius 2 is 1.35 bits per heavy atom. The molecule has 0 spiro atoms. The lowest BCUT2D eigenvalue weighted by Crippen LogP contribution is -2.87. The molecule has 0 aromatic heterocycles. The molecule has 1 fully saturated rings. The highest BCUT2D eigenvalue weighted by molar-refractivity contribution is 7.83. The topological polar surface area (TPSA) is 18.5 Å². The van der Waals surface area contributed by atoms with Gasteiger partial charge in [-0.05, 0) is 20.0 Å². The van der Waals surface area contributed by atoms with Crippen LogP contribution in [0.5, 0.6) is 0 Å². The predicted molar refractivity (Wildman–Crippen MR) is 86.4 cm³/mol. The molecule has 6 heteroatoms. The van der Waals surface area contributed by atoms with Crippen LogP contribution in [0.25, 0.3) is 0 Å². The first kappa shape index (κ1) is 15.8. The molecule has 0 aliphatic carbocycles. The minimum absolute atomic E-state index is 0.163. The van der Waals surface area contributed by atoms with Crippen molar-refractivity contribution in [2.45, 2.75) is 65.2 Å². The number of rotatable bonds is 2. The van der Waals surface area contributed by atoms with E-state index < -0.39 is 29.6 Å². The number of hydrogen-bond donors (Lipinski definition) is 0. The largest absolute Gasteiger partial charge is 0.399 e. The van der Waals surface area contributed by atoms with E-state index in [2.05, 4.69) is 59.3 Å². The summed E-state index contributed by atoms with van der Waals surface area (Å²) in [5, 5.41) is 0. The van der Waals surface area contributed by atoms with Crippen molar-refractivity contribution >= 4 is 29.6 Å². The quantitative estimate of drug-likeness (QED) is 0.727. The van der Waals surface area contributed by atoms with E-state index in [0.717, 1.165) is 6.61 Å². The Bertz CT molecular complexity index is 300. The molecular formula is C11H30O2Si4. The summed E-state index contributed by atoms with van der Waals surface area (Å²) in [6, 6.07) is 0. The van der Waals surface area contributed by atoms with E-state index in [1.165, 1.54) is 0 Å². The van der Waals surface area contributed by atoms with Crippen molar-refractivity contribution in [2.75, 3.05) is 6.61 Å². The number of ether oxygens (including phenoxy) is 1. The number of hydrogen-bond acceptors (Lipinski definition) is 2. The van der Waals surface area contributed by atoms with E-state index in [0.29, 0.717) is 0 Å². The zero-order chi connectivity index (χ0) is 13.7. The molecule has 102 valence electrons. The Hall–Kier alpha value is 0.788. The van der Waals surface area contributed by atoms with Crippen LogP contribution in [-0.2, 0) is 9.16 Å². The van der Waals surface area contributed by atoms with E-state index in [-0.39, 0.29) is 5.91 Å². The van der Waals surface area contributed by atoms with Gasteiger partial charge in [0, 0.05) is 13.7 Å². The lowest BCUT2D eigenvalue weighted by atomic mass is 10.9. The fourth-order valence-electron chi connectivity index (χ4n) is 2.81. The molecule has 1 aliphatic rings. The van der Waals surface area contributed by atoms with Crippen molar-refractivity contribution < 1.29 is 9.16 Å². The van der Waals surface area contributed by atoms with E-state index in [9.17, 15) is 0 Å². The summed E-state index contributed by atoms with van der Waals surface area (Å²) in [6.07, 6.45) is 0. The van der Waals surface area contributed by atoms with Crippen molar-refractivity contribution in [2.24, 2.45) is 0 Å². The molecule has 1 rings (SSSR count). The highest BCUT2D eigenvalue weighted by Crippen LogP contribution is 2.43. The lowest BCUT2D eigenvalue weighted by Gasteiger charge is -2.61. The Labute approximate surface area is 111 Å². The first-order valence-electron chi connectivity index (χ1n) is 6.71. The molecular weight excluding hydrogens is 276 g/mol. The van der Waals surface area contributed by atoms with Crippen LogP contribution >= 0.6 is 0 Å². The first-order valence-corrected chi connectivity index (χ1v) is 21.7. The fourth-order valence-corrected chi connectivity index (χ4v) is 70.0. The molecule has 0 aromatic carbocycles. The van der Waals surface area contributed by atoms with Crippen LogP contribution in [0.2, 0.25) is 52.4 Å². The molecule has 0 aromatic rings. The summed E-state index contributed by atoms with van der Waals surface area (Å²) in [7, 11) is -5.34. The van der Waals surface area contributed by atoms with Crippen molar-refractivity contribution in [3.05, 3.63) is 0 Å². The van der Waals surface area contributed by atoms with Crippen molar-refractivity contribution in [3.63, 3.8) is 0 Å². The van der Waals surface area contributed by atoms with Crippen LogP contribution in [-0.4, -0.2) is 42.2 Å². The molecule has 0 saturated carbocycles. The highest BCUT2D eigenvalue weighted by Gasteiger charge is 2.67. The Morgan fingerprint density at radius 3 is 1.76 bits per heavy atom. The van der Waals surface area contributed by atoms with Gasteiger partial charge >= 0.3 is 0 Å². The minimum atomic E-state index is -1.53. The first-order chi connectivity index (χ1) is 7.42. The second-order valence-electron chi connectivity index (χ2n) is 7.39. The van der Waals surface area contributed by atoms with Crippen molar-refractivity contribution in [1.82, 2.24) is 0 Å². The van der Waals surface area contributed by atoms with Crippen LogP contribution in [0.15, 0.2) is 0 Å². The third-order valence-corrected chi connectivity index (χ3v) is 71.7. The standard InChI is InChI=1S/C11H30O2Si4/c1-10-12-11-13-15(4,5)17(8,9)16(6,7)14(11,2)3/h11H,10H2,1-9H3. The summed E-state index contributed by atoms with van der Waals surface area (Å²) in [4.78, 5) is 0. The molecule has 1 aliphatic heterocycles. The molecule has 0 amide bonds. The SMILES string of the molecule is CCOC1O[Si](C)(C)[Si](C)(C)[Si](C)(C)[Si]1(C)C. The monoisotopic (exact) mass is 306 g/mol. The average molecular weight is 307 g/mol. The fraction of sp³-hybridized carbons (Fsp3) is 1.00. The summed E-state index contributed by atoms with van der Waals surface area (Å²) < 4.78 is 12.5. The Morgan fingerprint density at radius 1 is 0.882 bits per heavy atom. The third kappa shape index (κ3) is 2.10. The maximum absolute atomic E-state index is 6.56. The van der Waals surface area contributed by atoms with Crippen LogP contribution < -0.4 is 0 Å². The normalized spacial score (nSPS) is 33.4. The maximum Gasteiger partial charge on any atom is 0.174 e. The molecule has 1 saturated heterocycles. The van der Waals surface area contributed by atoms with Gasteiger partial charge in [0.25, 0.3) is 0 Å². The van der Waals surface area contributed by atoms with Crippen molar-refractivity contribution in [1.29, 1.82) is 0 Å². The van der Waals surface area contributed by atoms with E-state index in [4.69, 9.17) is 9.16 Å². The van der Waals surface area contributed by atoms with Crippen LogP contribution in [0, 0.1) is 0 Å². The maximum atomic E-state index is 6.56. The third-order valence-electron chi connectivity index (χ3n) is 5.99. The minimum Gasteiger partial charge on any atom is -0.399 e. The van der Waals surface area contributed by atoms with Gasteiger partial charge in [-0.1, -0.05) is 39.3 Å². The zero-order valence-electron chi connectivity index (χ0n) is 13.1. The Balaban J connectivity index is 3.24. The zero-order valence-corrected chi connectivity index (χ0v) is 17.1. The summed E-state index contributed by atoms with van der Waals surface area (Å²) in [6.45, 7) is 23.2. The van der Waals surface area contributed by atoms with Gasteiger partial charge < -0.3 is 9.16 Å². The second kappa shape index (κ2) is 4.41. The smallest absolute Gasteiger partial charge is 0.174 e. The van der Waals surface area contributed by atoms with Gasteiger partial charge in [0.2, 0.25) is 0 Å². The molecule has 0 radical (unpaired) electrons. The predicted octanol–water partition coefficient (Wildman–Crippen LogP) is 3.48. The van der Waals surface area contributed by atoms with E-state index >= 15 is 0 Å². The van der Waals surface area contributed by atoms with Gasteiger partial charge in [0.1, 0.15) is 13.5 Å². The van der Waals surface area contributed by atoms with E-state index in [1.807, 2.05) is 0 Å². The van der Waals surface area contributed by atoms with Gasteiger partial charge in [-0.2, -0.15) is 0 Å². The lowest BCUT2D eigenvalue weighted by molar-refractivity contribution is -0.0262. The van der Waals surface area contributed by atoms with Gasteiger partial charge in [0.15, 0.2) is 7.83 Å². The second-order valence-corrected chi connectivity index (χ2v) is 46.5. The molecule has 17 heavy (non-hydrogen) atoms. The molecule has 2 nitrogen and oxygen atoms in total. The van der Waals surface area contributed by atoms with Crippen molar-refractivity contribution in [3.8, 4) is 0 Å². The highest BCUT2D eigenvalue weighted by atomic mass is 29.8. The average Bonchev–Trinajstić information content (AvgIpc) is 2.14. The van der Waals surface area contributed by atoms with Crippen LogP contribution in [0.1, 0.15) is 6.92 Å². The van der Waals surface area contributed by atoms with Gasteiger partial charge in [0.05, 0.1) is 7.11 Å². The van der Waals surface area contributed by atoms with Gasteiger partial charge in [-0.15, -0.1) is 0 Å².